The fourth-order valence-corrected chi connectivity index (χ4v) is 1.90. The SMILES string of the molecule is C[NH+](CC(=O)NC(=O)NC1CC1)Cc1ccccc1. The highest BCUT2D eigenvalue weighted by Gasteiger charge is 2.24. The van der Waals surface area contributed by atoms with E-state index in [1.807, 2.05) is 37.4 Å². The van der Waals surface area contributed by atoms with Crippen molar-refractivity contribution in [2.45, 2.75) is 25.4 Å². The molecule has 1 aliphatic rings. The first-order valence-electron chi connectivity index (χ1n) is 6.59. The third-order valence-corrected chi connectivity index (χ3v) is 2.98. The van der Waals surface area contributed by atoms with Crippen molar-refractivity contribution in [1.82, 2.24) is 10.6 Å². The van der Waals surface area contributed by atoms with Crippen molar-refractivity contribution in [3.63, 3.8) is 0 Å². The molecular formula is C14H20N3O2+. The highest BCUT2D eigenvalue weighted by molar-refractivity contribution is 5.94. The molecule has 19 heavy (non-hydrogen) atoms. The van der Waals surface area contributed by atoms with Crippen LogP contribution in [0.2, 0.25) is 0 Å². The Hall–Kier alpha value is -1.88. The Labute approximate surface area is 113 Å². The van der Waals surface area contributed by atoms with Crippen molar-refractivity contribution in [2.24, 2.45) is 0 Å². The van der Waals surface area contributed by atoms with Crippen LogP contribution < -0.4 is 15.5 Å². The molecule has 1 aromatic rings. The normalized spacial score (nSPS) is 15.6. The minimum absolute atomic E-state index is 0.244. The zero-order valence-corrected chi connectivity index (χ0v) is 11.1. The van der Waals surface area contributed by atoms with Crippen molar-refractivity contribution in [1.29, 1.82) is 0 Å². The Kier molecular flexibility index (Phi) is 4.52. The Morgan fingerprint density at radius 3 is 2.58 bits per heavy atom. The molecule has 1 aromatic carbocycles. The van der Waals surface area contributed by atoms with E-state index in [-0.39, 0.29) is 24.5 Å². The molecule has 0 saturated heterocycles. The monoisotopic (exact) mass is 262 g/mol. The number of carbonyl (C=O) groups excluding carboxylic acids is 2. The van der Waals surface area contributed by atoms with Crippen LogP contribution in [0.5, 0.6) is 0 Å². The lowest BCUT2D eigenvalue weighted by atomic mass is 10.2. The first-order valence-corrected chi connectivity index (χ1v) is 6.59. The fraction of sp³-hybridized carbons (Fsp3) is 0.429. The standard InChI is InChI=1S/C14H19N3O2/c1-17(9-11-5-3-2-4-6-11)10-13(18)16-14(19)15-12-7-8-12/h2-6,12H,7-10H2,1H3,(H2,15,16,18,19)/p+1. The summed E-state index contributed by atoms with van der Waals surface area (Å²) in [7, 11) is 1.94. The Morgan fingerprint density at radius 2 is 1.95 bits per heavy atom. The maximum Gasteiger partial charge on any atom is 0.321 e. The molecule has 5 nitrogen and oxygen atoms in total. The molecule has 1 aliphatic carbocycles. The lowest BCUT2D eigenvalue weighted by Crippen LogP contribution is -3.09. The number of urea groups is 1. The van der Waals surface area contributed by atoms with Crippen molar-refractivity contribution in [3.8, 4) is 0 Å². The summed E-state index contributed by atoms with van der Waals surface area (Å²) >= 11 is 0. The van der Waals surface area contributed by atoms with Crippen molar-refractivity contribution in [2.75, 3.05) is 13.6 Å². The second-order valence-corrected chi connectivity index (χ2v) is 5.09. The number of nitrogens with one attached hydrogen (secondary N) is 3. The number of benzene rings is 1. The molecule has 0 aromatic heterocycles. The van der Waals surface area contributed by atoms with Gasteiger partial charge in [0.15, 0.2) is 6.54 Å². The number of imide groups is 1. The predicted molar refractivity (Wildman–Crippen MR) is 71.6 cm³/mol. The van der Waals surface area contributed by atoms with Gasteiger partial charge in [0.1, 0.15) is 6.54 Å². The molecule has 0 spiro atoms. The first-order chi connectivity index (χ1) is 9.13. The van der Waals surface area contributed by atoms with Crippen LogP contribution in [0.1, 0.15) is 18.4 Å². The highest BCUT2D eigenvalue weighted by atomic mass is 16.2. The summed E-state index contributed by atoms with van der Waals surface area (Å²) < 4.78 is 0. The third-order valence-electron chi connectivity index (χ3n) is 2.98. The fourth-order valence-electron chi connectivity index (χ4n) is 1.90. The van der Waals surface area contributed by atoms with Gasteiger partial charge in [-0.1, -0.05) is 30.3 Å². The smallest absolute Gasteiger partial charge is 0.321 e. The number of likely N-dealkylation sites (N-methyl/N-ethyl adjacent to an activating group) is 1. The summed E-state index contributed by atoms with van der Waals surface area (Å²) in [5.74, 6) is -0.244. The summed E-state index contributed by atoms with van der Waals surface area (Å²) in [6.07, 6.45) is 2.03. The molecule has 0 radical (unpaired) electrons. The number of amides is 3. The molecule has 0 heterocycles. The van der Waals surface area contributed by atoms with Crippen molar-refractivity contribution < 1.29 is 14.5 Å². The molecule has 1 saturated carbocycles. The van der Waals surface area contributed by atoms with Gasteiger partial charge in [0.05, 0.1) is 7.05 Å². The second-order valence-electron chi connectivity index (χ2n) is 5.09. The van der Waals surface area contributed by atoms with Gasteiger partial charge in [-0.3, -0.25) is 10.1 Å². The van der Waals surface area contributed by atoms with Crippen LogP contribution in [0, 0.1) is 0 Å². The number of rotatable bonds is 5. The van der Waals surface area contributed by atoms with Crippen LogP contribution >= 0.6 is 0 Å². The van der Waals surface area contributed by atoms with Gasteiger partial charge in [-0.05, 0) is 12.8 Å². The van der Waals surface area contributed by atoms with Crippen molar-refractivity contribution in [3.05, 3.63) is 35.9 Å². The van der Waals surface area contributed by atoms with E-state index in [1.165, 1.54) is 5.56 Å². The van der Waals surface area contributed by atoms with Gasteiger partial charge in [-0.15, -0.1) is 0 Å². The van der Waals surface area contributed by atoms with Gasteiger partial charge < -0.3 is 10.2 Å². The molecule has 1 fully saturated rings. The van der Waals surface area contributed by atoms with Gasteiger partial charge in [0.2, 0.25) is 0 Å². The number of hydrogen-bond donors (Lipinski definition) is 3. The van der Waals surface area contributed by atoms with E-state index >= 15 is 0 Å². The summed E-state index contributed by atoms with van der Waals surface area (Å²) in [6.45, 7) is 1.05. The van der Waals surface area contributed by atoms with Crippen molar-refractivity contribution >= 4 is 11.9 Å². The van der Waals surface area contributed by atoms with E-state index in [0.29, 0.717) is 0 Å². The number of quaternary nitrogens is 1. The Balaban J connectivity index is 1.70. The summed E-state index contributed by atoms with van der Waals surface area (Å²) in [5.41, 5.74) is 1.18. The second kappa shape index (κ2) is 6.33. The van der Waals surface area contributed by atoms with E-state index in [2.05, 4.69) is 10.6 Å². The molecule has 5 heteroatoms. The van der Waals surface area contributed by atoms with Gasteiger partial charge in [-0.2, -0.15) is 0 Å². The Bertz CT molecular complexity index is 443. The minimum atomic E-state index is -0.375. The number of hydrogen-bond acceptors (Lipinski definition) is 2. The summed E-state index contributed by atoms with van der Waals surface area (Å²) in [5, 5.41) is 5.09. The quantitative estimate of drug-likeness (QED) is 0.681. The molecular weight excluding hydrogens is 242 g/mol. The molecule has 2 rings (SSSR count). The van der Waals surface area contributed by atoms with E-state index in [0.717, 1.165) is 24.3 Å². The van der Waals surface area contributed by atoms with Crippen LogP contribution in [0.3, 0.4) is 0 Å². The van der Waals surface area contributed by atoms with Crippen LogP contribution in [0.4, 0.5) is 4.79 Å². The zero-order chi connectivity index (χ0) is 13.7. The molecule has 3 amide bonds. The maximum atomic E-state index is 11.7. The first kappa shape index (κ1) is 13.5. The predicted octanol–water partition coefficient (Wildman–Crippen LogP) is -0.310. The summed E-state index contributed by atoms with van der Waals surface area (Å²) in [4.78, 5) is 24.1. The lowest BCUT2D eigenvalue weighted by molar-refractivity contribution is -0.885. The van der Waals surface area contributed by atoms with E-state index in [1.54, 1.807) is 0 Å². The summed E-state index contributed by atoms with van der Waals surface area (Å²) in [6, 6.07) is 9.87. The van der Waals surface area contributed by atoms with Crippen LogP contribution in [0.25, 0.3) is 0 Å². The molecule has 1 atom stereocenters. The van der Waals surface area contributed by atoms with Crippen LogP contribution in [-0.4, -0.2) is 31.6 Å². The van der Waals surface area contributed by atoms with Crippen LogP contribution in [0.15, 0.2) is 30.3 Å². The molecule has 0 aliphatic heterocycles. The lowest BCUT2D eigenvalue weighted by Gasteiger charge is -2.13. The van der Waals surface area contributed by atoms with Gasteiger partial charge in [0, 0.05) is 11.6 Å². The molecule has 1 unspecified atom stereocenters. The van der Waals surface area contributed by atoms with E-state index in [9.17, 15) is 9.59 Å². The zero-order valence-electron chi connectivity index (χ0n) is 11.1. The molecule has 3 N–H and O–H groups in total. The van der Waals surface area contributed by atoms with Crippen LogP contribution in [-0.2, 0) is 11.3 Å². The van der Waals surface area contributed by atoms with E-state index in [4.69, 9.17) is 0 Å². The topological polar surface area (TPSA) is 62.6 Å². The Morgan fingerprint density at radius 1 is 1.26 bits per heavy atom. The van der Waals surface area contributed by atoms with Gasteiger partial charge >= 0.3 is 6.03 Å². The minimum Gasteiger partial charge on any atom is -0.335 e. The number of carbonyl (C=O) groups is 2. The van der Waals surface area contributed by atoms with E-state index < -0.39 is 0 Å². The largest absolute Gasteiger partial charge is 0.335 e. The van der Waals surface area contributed by atoms with Gasteiger partial charge in [0.25, 0.3) is 5.91 Å². The average molecular weight is 262 g/mol. The average Bonchev–Trinajstić information content (AvgIpc) is 3.13. The highest BCUT2D eigenvalue weighted by Crippen LogP contribution is 2.18. The third kappa shape index (κ3) is 5.09. The molecule has 102 valence electrons. The van der Waals surface area contributed by atoms with Gasteiger partial charge in [-0.25, -0.2) is 4.79 Å². The molecule has 0 bridgehead atoms. The maximum absolute atomic E-state index is 11.7.